The molecule has 0 bridgehead atoms. The maximum absolute atomic E-state index is 12.8. The van der Waals surface area contributed by atoms with Gasteiger partial charge in [-0.1, -0.05) is 36.4 Å². The highest BCUT2D eigenvalue weighted by Gasteiger charge is 2.18. The summed E-state index contributed by atoms with van der Waals surface area (Å²) in [6.45, 7) is 3.78. The van der Waals surface area contributed by atoms with Crippen LogP contribution in [0, 0.1) is 0 Å². The predicted octanol–water partition coefficient (Wildman–Crippen LogP) is 4.05. The number of thioether (sulfide) groups is 1. The Morgan fingerprint density at radius 1 is 1.06 bits per heavy atom. The lowest BCUT2D eigenvalue weighted by Gasteiger charge is -2.16. The van der Waals surface area contributed by atoms with Crippen molar-refractivity contribution in [3.8, 4) is 0 Å². The lowest BCUT2D eigenvalue weighted by atomic mass is 10.1. The molecule has 0 amide bonds. The van der Waals surface area contributed by atoms with Crippen molar-refractivity contribution in [1.29, 1.82) is 0 Å². The number of hydrogen-bond donors (Lipinski definition) is 3. The first kappa shape index (κ1) is 31.9. The fraction of sp³-hybridized carbons (Fsp3) is 0.318. The SMILES string of the molecule is C[C@H](CNCCc1ccccc1)NS(=O)(=O)c1ccc2c(SCCN)nccc2c1.Cl.Cl.Cl. The number of nitrogens with two attached hydrogens (primary N) is 1. The highest BCUT2D eigenvalue weighted by atomic mass is 35.5. The first-order chi connectivity index (χ1) is 14.5. The smallest absolute Gasteiger partial charge is 0.240 e. The lowest BCUT2D eigenvalue weighted by molar-refractivity contribution is 0.537. The fourth-order valence-corrected chi connectivity index (χ4v) is 5.20. The molecule has 0 aliphatic carbocycles. The Labute approximate surface area is 219 Å². The number of nitrogens with one attached hydrogen (secondary N) is 2. The summed E-state index contributed by atoms with van der Waals surface area (Å²) in [5, 5.41) is 5.97. The van der Waals surface area contributed by atoms with Crippen LogP contribution in [0.3, 0.4) is 0 Å². The summed E-state index contributed by atoms with van der Waals surface area (Å²) in [5.41, 5.74) is 6.84. The van der Waals surface area contributed by atoms with E-state index in [0.29, 0.717) is 13.1 Å². The third-order valence-corrected chi connectivity index (χ3v) is 7.23. The van der Waals surface area contributed by atoms with Gasteiger partial charge < -0.3 is 11.1 Å². The first-order valence-corrected chi connectivity index (χ1v) is 12.4. The summed E-state index contributed by atoms with van der Waals surface area (Å²) < 4.78 is 28.4. The molecule has 2 aromatic carbocycles. The zero-order valence-corrected chi connectivity index (χ0v) is 22.4. The molecule has 184 valence electrons. The number of fused-ring (bicyclic) bond motifs is 1. The van der Waals surface area contributed by atoms with Gasteiger partial charge in [-0.05, 0) is 49.0 Å². The first-order valence-electron chi connectivity index (χ1n) is 9.98. The molecule has 0 saturated carbocycles. The Hall–Kier alpha value is -1.10. The molecule has 1 aromatic heterocycles. The third-order valence-electron chi connectivity index (χ3n) is 4.61. The van der Waals surface area contributed by atoms with E-state index in [4.69, 9.17) is 5.73 Å². The van der Waals surface area contributed by atoms with Gasteiger partial charge >= 0.3 is 0 Å². The number of aromatic nitrogens is 1. The van der Waals surface area contributed by atoms with Crippen LogP contribution in [0.25, 0.3) is 10.8 Å². The van der Waals surface area contributed by atoms with Gasteiger partial charge in [0.15, 0.2) is 0 Å². The van der Waals surface area contributed by atoms with E-state index >= 15 is 0 Å². The fourth-order valence-electron chi connectivity index (χ4n) is 3.14. The van der Waals surface area contributed by atoms with E-state index in [0.717, 1.165) is 34.5 Å². The zero-order valence-electron chi connectivity index (χ0n) is 18.3. The number of halogens is 3. The van der Waals surface area contributed by atoms with Crippen molar-refractivity contribution >= 4 is 69.8 Å². The maximum Gasteiger partial charge on any atom is 0.240 e. The van der Waals surface area contributed by atoms with Gasteiger partial charge in [0, 0.05) is 36.5 Å². The van der Waals surface area contributed by atoms with Crippen molar-refractivity contribution in [2.24, 2.45) is 5.73 Å². The van der Waals surface area contributed by atoms with Gasteiger partial charge in [0.05, 0.1) is 4.90 Å². The van der Waals surface area contributed by atoms with Crippen molar-refractivity contribution in [2.75, 3.05) is 25.4 Å². The Kier molecular flexibility index (Phi) is 15.2. The van der Waals surface area contributed by atoms with Gasteiger partial charge in [0.1, 0.15) is 5.03 Å². The van der Waals surface area contributed by atoms with E-state index in [2.05, 4.69) is 27.2 Å². The minimum Gasteiger partial charge on any atom is -0.330 e. The number of sulfonamides is 1. The molecule has 0 fully saturated rings. The quantitative estimate of drug-likeness (QED) is 0.245. The van der Waals surface area contributed by atoms with Crippen molar-refractivity contribution < 1.29 is 8.42 Å². The van der Waals surface area contributed by atoms with Crippen LogP contribution >= 0.6 is 49.0 Å². The molecule has 1 heterocycles. The van der Waals surface area contributed by atoms with Crippen LogP contribution in [0.4, 0.5) is 0 Å². The molecular formula is C22H31Cl3N4O2S2. The van der Waals surface area contributed by atoms with Crippen LogP contribution in [-0.4, -0.2) is 44.8 Å². The monoisotopic (exact) mass is 552 g/mol. The number of rotatable bonds is 11. The second kappa shape index (κ2) is 15.7. The number of hydrogen-bond acceptors (Lipinski definition) is 6. The molecule has 0 aliphatic rings. The predicted molar refractivity (Wildman–Crippen MR) is 146 cm³/mol. The third kappa shape index (κ3) is 9.58. The Bertz CT molecular complexity index is 1070. The molecule has 0 unspecified atom stereocenters. The van der Waals surface area contributed by atoms with Crippen LogP contribution in [0.2, 0.25) is 0 Å². The maximum atomic E-state index is 12.8. The van der Waals surface area contributed by atoms with Gasteiger partial charge in [-0.3, -0.25) is 0 Å². The number of nitrogens with zero attached hydrogens (tertiary/aromatic N) is 1. The highest BCUT2D eigenvalue weighted by Crippen LogP contribution is 2.27. The van der Waals surface area contributed by atoms with Crippen molar-refractivity contribution in [3.63, 3.8) is 0 Å². The topological polar surface area (TPSA) is 97.1 Å². The highest BCUT2D eigenvalue weighted by molar-refractivity contribution is 7.99. The molecule has 4 N–H and O–H groups in total. The molecule has 0 saturated heterocycles. The van der Waals surface area contributed by atoms with E-state index in [1.807, 2.05) is 37.3 Å². The van der Waals surface area contributed by atoms with Gasteiger partial charge in [-0.15, -0.1) is 49.0 Å². The van der Waals surface area contributed by atoms with E-state index in [-0.39, 0.29) is 48.2 Å². The summed E-state index contributed by atoms with van der Waals surface area (Å²) in [6, 6.07) is 17.0. The summed E-state index contributed by atoms with van der Waals surface area (Å²) in [5.74, 6) is 0.766. The summed E-state index contributed by atoms with van der Waals surface area (Å²) in [7, 11) is -3.61. The Morgan fingerprint density at radius 3 is 2.48 bits per heavy atom. The Morgan fingerprint density at radius 2 is 1.79 bits per heavy atom. The standard InChI is InChI=1S/C22H28N4O2S2.3ClH/c1-17(16-24-12-9-18-5-3-2-4-6-18)26-30(27,28)20-7-8-21-19(15-20)10-13-25-22(21)29-14-11-23;;;/h2-8,10,13,15,17,24,26H,9,11-12,14,16,23H2,1H3;3*1H/t17-;;;/m1.../s1. The second-order valence-electron chi connectivity index (χ2n) is 7.10. The largest absolute Gasteiger partial charge is 0.330 e. The van der Waals surface area contributed by atoms with Crippen molar-refractivity contribution in [1.82, 2.24) is 15.0 Å². The molecule has 1 atom stereocenters. The molecule has 11 heteroatoms. The molecule has 0 spiro atoms. The summed E-state index contributed by atoms with van der Waals surface area (Å²) in [4.78, 5) is 4.64. The van der Waals surface area contributed by atoms with Crippen LogP contribution in [0.1, 0.15) is 12.5 Å². The molecule has 0 radical (unpaired) electrons. The van der Waals surface area contributed by atoms with Crippen LogP contribution in [0.15, 0.2) is 70.7 Å². The van der Waals surface area contributed by atoms with Crippen LogP contribution in [0.5, 0.6) is 0 Å². The minimum atomic E-state index is -3.61. The number of pyridine rings is 1. The average Bonchev–Trinajstić information content (AvgIpc) is 2.75. The van der Waals surface area contributed by atoms with E-state index < -0.39 is 10.0 Å². The van der Waals surface area contributed by atoms with Crippen LogP contribution < -0.4 is 15.8 Å². The molecule has 0 aliphatic heterocycles. The van der Waals surface area contributed by atoms with E-state index in [1.165, 1.54) is 5.56 Å². The van der Waals surface area contributed by atoms with E-state index in [1.54, 1.807) is 30.1 Å². The second-order valence-corrected chi connectivity index (χ2v) is 9.90. The van der Waals surface area contributed by atoms with Gasteiger partial charge in [-0.25, -0.2) is 18.1 Å². The molecule has 3 aromatic rings. The van der Waals surface area contributed by atoms with Crippen molar-refractivity contribution in [2.45, 2.75) is 29.3 Å². The van der Waals surface area contributed by atoms with Crippen LogP contribution in [-0.2, 0) is 16.4 Å². The minimum absolute atomic E-state index is 0. The molecule has 6 nitrogen and oxygen atoms in total. The lowest BCUT2D eigenvalue weighted by Crippen LogP contribution is -2.40. The Balaban J connectivity index is 0.00000341. The van der Waals surface area contributed by atoms with Gasteiger partial charge in [-0.2, -0.15) is 0 Å². The van der Waals surface area contributed by atoms with E-state index in [9.17, 15) is 8.42 Å². The van der Waals surface area contributed by atoms with Crippen molar-refractivity contribution in [3.05, 3.63) is 66.4 Å². The average molecular weight is 554 g/mol. The zero-order chi connectivity index (χ0) is 21.4. The summed E-state index contributed by atoms with van der Waals surface area (Å²) in [6.07, 6.45) is 2.60. The van der Waals surface area contributed by atoms with Gasteiger partial charge in [0.25, 0.3) is 0 Å². The normalized spacial score (nSPS) is 11.7. The molecule has 33 heavy (non-hydrogen) atoms. The van der Waals surface area contributed by atoms with Gasteiger partial charge in [0.2, 0.25) is 10.0 Å². The molecule has 3 rings (SSSR count). The summed E-state index contributed by atoms with van der Waals surface area (Å²) >= 11 is 1.57. The number of benzene rings is 2. The molecular weight excluding hydrogens is 523 g/mol.